The van der Waals surface area contributed by atoms with Crippen molar-refractivity contribution >= 4 is 20.8 Å². The van der Waals surface area contributed by atoms with E-state index in [1.54, 1.807) is 0 Å². The standard InChI is InChI=1S/C24H52BrP/c1-5-9-13-15-19-23-26(25,21-17-11-7-3,22-18-12-8-4)24-20-16-14-10-6-2/h5-24H2,1-4H3. The first-order valence-electron chi connectivity index (χ1n) is 12.3. The first kappa shape index (κ1) is 26.9. The Labute approximate surface area is 175 Å². The van der Waals surface area contributed by atoms with Gasteiger partial charge in [-0.3, -0.25) is 0 Å². The van der Waals surface area contributed by atoms with Crippen molar-refractivity contribution in [3.05, 3.63) is 0 Å². The number of hydrogen-bond donors (Lipinski definition) is 0. The molecule has 0 radical (unpaired) electrons. The molecule has 0 aliphatic rings. The minimum atomic E-state index is -1.67. The van der Waals surface area contributed by atoms with Crippen LogP contribution < -0.4 is 0 Å². The maximum atomic E-state index is 4.62. The number of rotatable bonds is 20. The topological polar surface area (TPSA) is 0 Å². The van der Waals surface area contributed by atoms with Crippen LogP contribution in [0.5, 0.6) is 0 Å². The Balaban J connectivity index is 4.87. The summed E-state index contributed by atoms with van der Waals surface area (Å²) in [4.78, 5) is 0. The van der Waals surface area contributed by atoms with Crippen molar-refractivity contribution < 1.29 is 0 Å². The van der Waals surface area contributed by atoms with Crippen LogP contribution in [0.2, 0.25) is 0 Å². The van der Waals surface area contributed by atoms with E-state index < -0.39 is 5.31 Å². The van der Waals surface area contributed by atoms with Crippen molar-refractivity contribution in [2.24, 2.45) is 0 Å². The van der Waals surface area contributed by atoms with Crippen LogP contribution >= 0.6 is 20.8 Å². The van der Waals surface area contributed by atoms with E-state index in [0.29, 0.717) is 0 Å². The molecule has 0 bridgehead atoms. The molecule has 0 aromatic heterocycles. The summed E-state index contributed by atoms with van der Waals surface area (Å²) < 4.78 is 0. The molecule has 0 unspecified atom stereocenters. The maximum absolute atomic E-state index is 4.62. The Hall–Kier alpha value is 0.910. The molecule has 0 saturated heterocycles. The Morgan fingerprint density at radius 3 is 0.923 bits per heavy atom. The van der Waals surface area contributed by atoms with E-state index in [1.807, 2.05) is 0 Å². The van der Waals surface area contributed by atoms with Gasteiger partial charge in [0.15, 0.2) is 0 Å². The SMILES string of the molecule is CCCCCCCP(Br)(CCCCC)(CCCCC)CCCCCCC. The molecule has 0 nitrogen and oxygen atoms in total. The zero-order valence-electron chi connectivity index (χ0n) is 19.0. The molecular weight excluding hydrogens is 399 g/mol. The number of halogens is 1. The Morgan fingerprint density at radius 1 is 0.385 bits per heavy atom. The zero-order chi connectivity index (χ0) is 19.6. The molecule has 0 aromatic carbocycles. The zero-order valence-corrected chi connectivity index (χ0v) is 21.4. The fraction of sp³-hybridized carbons (Fsp3) is 1.00. The molecule has 0 spiro atoms. The fourth-order valence-electron chi connectivity index (χ4n) is 4.41. The van der Waals surface area contributed by atoms with Crippen LogP contribution in [0.25, 0.3) is 0 Å². The van der Waals surface area contributed by atoms with Gasteiger partial charge in [0.1, 0.15) is 0 Å². The molecule has 26 heavy (non-hydrogen) atoms. The van der Waals surface area contributed by atoms with Crippen LogP contribution in [0.1, 0.15) is 130 Å². The predicted molar refractivity (Wildman–Crippen MR) is 132 cm³/mol. The average Bonchev–Trinajstić information content (AvgIpc) is 2.62. The summed E-state index contributed by atoms with van der Waals surface area (Å²) in [5, 5.41) is -1.67. The summed E-state index contributed by atoms with van der Waals surface area (Å²) in [6, 6.07) is 0. The molecule has 0 aromatic rings. The number of hydrogen-bond acceptors (Lipinski definition) is 0. The minimum absolute atomic E-state index is 1.36. The Bertz CT molecular complexity index is 275. The second kappa shape index (κ2) is 16.8. The third-order valence-electron chi connectivity index (χ3n) is 6.28. The summed E-state index contributed by atoms with van der Waals surface area (Å²) in [5.74, 6) is 0. The first-order chi connectivity index (χ1) is 12.5. The summed E-state index contributed by atoms with van der Waals surface area (Å²) in [6.45, 7) is 9.37. The van der Waals surface area contributed by atoms with Crippen molar-refractivity contribution in [3.8, 4) is 0 Å². The molecule has 0 heterocycles. The molecule has 0 rings (SSSR count). The van der Waals surface area contributed by atoms with Gasteiger partial charge in [-0.1, -0.05) is 0 Å². The monoisotopic (exact) mass is 450 g/mol. The fourth-order valence-corrected chi connectivity index (χ4v) is 12.8. The van der Waals surface area contributed by atoms with Gasteiger partial charge in [-0.15, -0.1) is 0 Å². The van der Waals surface area contributed by atoms with Gasteiger partial charge in [-0.05, 0) is 0 Å². The van der Waals surface area contributed by atoms with Crippen molar-refractivity contribution in [1.82, 2.24) is 0 Å². The third-order valence-corrected chi connectivity index (χ3v) is 16.3. The van der Waals surface area contributed by atoms with Crippen molar-refractivity contribution in [3.63, 3.8) is 0 Å². The van der Waals surface area contributed by atoms with Crippen LogP contribution in [0.3, 0.4) is 0 Å². The molecule has 0 N–H and O–H groups in total. The average molecular weight is 452 g/mol. The summed E-state index contributed by atoms with van der Waals surface area (Å²) in [5.41, 5.74) is 0. The Morgan fingerprint density at radius 2 is 0.615 bits per heavy atom. The van der Waals surface area contributed by atoms with Crippen LogP contribution in [0.4, 0.5) is 0 Å². The quantitative estimate of drug-likeness (QED) is 0.128. The van der Waals surface area contributed by atoms with E-state index in [-0.39, 0.29) is 0 Å². The van der Waals surface area contributed by atoms with Gasteiger partial charge in [0.25, 0.3) is 0 Å². The number of unbranched alkanes of at least 4 members (excludes halogenated alkanes) is 12. The van der Waals surface area contributed by atoms with Crippen LogP contribution in [-0.2, 0) is 0 Å². The van der Waals surface area contributed by atoms with Crippen molar-refractivity contribution in [1.29, 1.82) is 0 Å². The molecule has 0 aliphatic heterocycles. The normalized spacial score (nSPS) is 13.7. The molecule has 0 amide bonds. The summed E-state index contributed by atoms with van der Waals surface area (Å²) in [7, 11) is 0. The van der Waals surface area contributed by atoms with Gasteiger partial charge < -0.3 is 0 Å². The van der Waals surface area contributed by atoms with Gasteiger partial charge in [-0.2, -0.15) is 0 Å². The van der Waals surface area contributed by atoms with Crippen molar-refractivity contribution in [2.45, 2.75) is 130 Å². The van der Waals surface area contributed by atoms with Gasteiger partial charge >= 0.3 is 176 Å². The molecular formula is C24H52BrP. The summed E-state index contributed by atoms with van der Waals surface area (Å²) >= 11 is 4.62. The second-order valence-corrected chi connectivity index (χ2v) is 20.4. The van der Waals surface area contributed by atoms with Gasteiger partial charge in [-0.25, -0.2) is 0 Å². The first-order valence-corrected chi connectivity index (χ1v) is 17.3. The van der Waals surface area contributed by atoms with Crippen LogP contribution in [0.15, 0.2) is 0 Å². The molecule has 0 aliphatic carbocycles. The predicted octanol–water partition coefficient (Wildman–Crippen LogP) is 10.2. The van der Waals surface area contributed by atoms with E-state index in [2.05, 4.69) is 43.2 Å². The molecule has 2 heteroatoms. The molecule has 0 saturated carbocycles. The van der Waals surface area contributed by atoms with E-state index in [0.717, 1.165) is 0 Å². The third kappa shape index (κ3) is 13.1. The van der Waals surface area contributed by atoms with E-state index >= 15 is 0 Å². The van der Waals surface area contributed by atoms with E-state index in [4.69, 9.17) is 0 Å². The van der Waals surface area contributed by atoms with E-state index in [1.165, 1.54) is 127 Å². The molecule has 160 valence electrons. The van der Waals surface area contributed by atoms with Crippen molar-refractivity contribution in [2.75, 3.05) is 24.6 Å². The van der Waals surface area contributed by atoms with E-state index in [9.17, 15) is 0 Å². The molecule has 0 atom stereocenters. The van der Waals surface area contributed by atoms with Gasteiger partial charge in [0.05, 0.1) is 0 Å². The van der Waals surface area contributed by atoms with Gasteiger partial charge in [0.2, 0.25) is 0 Å². The summed E-state index contributed by atoms with van der Waals surface area (Å²) in [6.07, 6.45) is 29.1. The van der Waals surface area contributed by atoms with Crippen LogP contribution in [0, 0.1) is 0 Å². The second-order valence-electron chi connectivity index (χ2n) is 8.96. The molecule has 0 fully saturated rings. The van der Waals surface area contributed by atoms with Crippen LogP contribution in [-0.4, -0.2) is 24.6 Å². The van der Waals surface area contributed by atoms with Gasteiger partial charge in [0, 0.05) is 0 Å². The Kier molecular flexibility index (Phi) is 17.4.